The lowest BCUT2D eigenvalue weighted by atomic mass is 9.78. The molecule has 0 saturated carbocycles. The summed E-state index contributed by atoms with van der Waals surface area (Å²) in [6, 6.07) is 11.9. The molecule has 6 atom stereocenters. The molecule has 6 rings (SSSR count). The highest BCUT2D eigenvalue weighted by Gasteiger charge is 2.45. The number of esters is 1. The highest BCUT2D eigenvalue weighted by atomic mass is 19.3. The number of amides is 3. The number of halogens is 4. The van der Waals surface area contributed by atoms with Crippen molar-refractivity contribution in [3.8, 4) is 11.8 Å². The number of alkyl halides is 2. The lowest BCUT2D eigenvalue weighted by Gasteiger charge is -2.47. The van der Waals surface area contributed by atoms with E-state index in [0.717, 1.165) is 68.0 Å². The second kappa shape index (κ2) is 25.3. The maximum absolute atomic E-state index is 16.0. The molecule has 406 valence electrons. The van der Waals surface area contributed by atoms with Gasteiger partial charge < -0.3 is 40.6 Å². The Morgan fingerprint density at radius 3 is 2.07 bits per heavy atom. The minimum Gasteiger partial charge on any atom is -0.469 e. The number of anilines is 1. The number of pyridine rings is 1. The molecule has 0 radical (unpaired) electrons. The van der Waals surface area contributed by atoms with Crippen molar-refractivity contribution in [3.63, 3.8) is 0 Å². The van der Waals surface area contributed by atoms with Gasteiger partial charge in [0.05, 0.1) is 58.0 Å². The summed E-state index contributed by atoms with van der Waals surface area (Å²) < 4.78 is 72.2. The van der Waals surface area contributed by atoms with Gasteiger partial charge in [-0.15, -0.1) is 0 Å². The molecule has 6 N–H and O–H groups in total. The van der Waals surface area contributed by atoms with E-state index in [1.807, 2.05) is 12.1 Å². The number of aromatic nitrogens is 1. The zero-order chi connectivity index (χ0) is 54.8. The van der Waals surface area contributed by atoms with E-state index in [-0.39, 0.29) is 24.1 Å². The number of carbonyl (C=O) groups excluding carboxylic acids is 4. The fourth-order valence-corrected chi connectivity index (χ4v) is 9.46. The molecule has 0 spiro atoms. The molecule has 3 amide bonds. The van der Waals surface area contributed by atoms with Gasteiger partial charge in [-0.25, -0.2) is 28.6 Å². The first kappa shape index (κ1) is 57.7. The number of hydrogen-bond donors (Lipinski definition) is 5. The number of allylic oxidation sites excluding steroid dienone is 1. The monoisotopic (exact) mass is 1050 g/mol. The highest BCUT2D eigenvalue weighted by Crippen LogP contribution is 2.36. The first-order valence-corrected chi connectivity index (χ1v) is 24.8. The van der Waals surface area contributed by atoms with Crippen LogP contribution in [-0.2, 0) is 41.6 Å². The van der Waals surface area contributed by atoms with Crippen LogP contribution in [0.15, 0.2) is 65.8 Å². The number of aliphatic hydroxyl groups is 1. The van der Waals surface area contributed by atoms with Crippen LogP contribution in [0.1, 0.15) is 88.6 Å². The Hall–Kier alpha value is -6.60. The Morgan fingerprint density at radius 1 is 0.907 bits per heavy atom. The van der Waals surface area contributed by atoms with E-state index in [4.69, 9.17) is 24.9 Å². The number of ether oxygens (including phenoxy) is 3. The fraction of sp³-hybridized carbons (Fsp3) is 0.519. The third-order valence-electron chi connectivity index (χ3n) is 13.7. The smallest absolute Gasteiger partial charge is 0.407 e. The summed E-state index contributed by atoms with van der Waals surface area (Å²) in [5, 5.41) is 18.6. The molecule has 21 heteroatoms. The summed E-state index contributed by atoms with van der Waals surface area (Å²) in [6.45, 7) is 9.43. The third-order valence-corrected chi connectivity index (χ3v) is 13.7. The first-order chi connectivity index (χ1) is 35.4. The number of hydrazine groups is 1. The second-order valence-corrected chi connectivity index (χ2v) is 21.3. The standard InChI is InChI=1S/C54H69F4N9O8/c1-53(2,3)40(24-47(69)73-7)49(70)64-66(28-39-41(55)22-35(23-42(39)56)43(59)19-20-60-51(57)58)29-45(68)44(62-50(71)48(54(4,5)6)63-52(72)74-8)21-33-12-9-32(10-13-33)11-14-34-15-18-46(61-25-34)65-26-36-16-17-37(27-65)67(36)38-30-75-31-38/h9-10,12-13,15,18-20,22-23,25,36-38,40,44-45,48,51,68H,16-17,21,24,26-31,59H2,1-8H3,(H,62,71)(H,63,72)(H,64,70)/t36?,37?,40-,44+,45+,48-/m1/s1. The number of nitrogens with zero attached hydrogens (tertiary/aromatic N) is 5. The number of methoxy groups -OCH3 is 2. The van der Waals surface area contributed by atoms with Gasteiger partial charge in [-0.3, -0.25) is 24.7 Å². The molecule has 3 fully saturated rings. The quantitative estimate of drug-likeness (QED) is 0.0257. The maximum Gasteiger partial charge on any atom is 0.407 e. The van der Waals surface area contributed by atoms with Crippen LogP contribution in [-0.4, -0.2) is 140 Å². The van der Waals surface area contributed by atoms with Crippen LogP contribution in [0.2, 0.25) is 0 Å². The highest BCUT2D eigenvalue weighted by molar-refractivity contribution is 5.87. The van der Waals surface area contributed by atoms with Crippen LogP contribution in [0.4, 0.5) is 28.2 Å². The van der Waals surface area contributed by atoms with Gasteiger partial charge >= 0.3 is 18.6 Å². The van der Waals surface area contributed by atoms with Gasteiger partial charge in [0.15, 0.2) is 0 Å². The molecule has 2 bridgehead atoms. The van der Waals surface area contributed by atoms with E-state index in [0.29, 0.717) is 35.5 Å². The van der Waals surface area contributed by atoms with E-state index in [1.54, 1.807) is 72.0 Å². The molecule has 2 aromatic carbocycles. The molecule has 1 aromatic heterocycles. The number of nitrogens with two attached hydrogens (primary N) is 1. The minimum absolute atomic E-state index is 0.0296. The largest absolute Gasteiger partial charge is 0.469 e. The second-order valence-electron chi connectivity index (χ2n) is 21.3. The van der Waals surface area contributed by atoms with Crippen LogP contribution in [0.3, 0.4) is 0 Å². The van der Waals surface area contributed by atoms with E-state index in [2.05, 4.69) is 42.7 Å². The van der Waals surface area contributed by atoms with Gasteiger partial charge in [-0.2, -0.15) is 8.78 Å². The Bertz CT molecular complexity index is 2570. The Morgan fingerprint density at radius 2 is 1.53 bits per heavy atom. The van der Waals surface area contributed by atoms with Crippen molar-refractivity contribution < 1.29 is 56.1 Å². The van der Waals surface area contributed by atoms with Crippen molar-refractivity contribution in [1.29, 1.82) is 0 Å². The van der Waals surface area contributed by atoms with Gasteiger partial charge in [-0.05, 0) is 78.1 Å². The summed E-state index contributed by atoms with van der Waals surface area (Å²) in [5.74, 6) is 1.80. The molecule has 3 aromatic rings. The predicted octanol–water partition coefficient (Wildman–Crippen LogP) is 5.32. The van der Waals surface area contributed by atoms with Crippen LogP contribution in [0, 0.1) is 40.2 Å². The Balaban J connectivity index is 1.25. The topological polar surface area (TPSA) is 213 Å². The molecular weight excluding hydrogens is 979 g/mol. The molecule has 75 heavy (non-hydrogen) atoms. The SMILES string of the molecule is COC(=O)C[C@H](C(=O)NN(Cc1c(F)cc(C(N)=CC=NC(F)F)cc1F)C[C@H](O)[C@H](Cc1ccc(C#Cc2ccc(N3CC4CCC(C3)N4C3COC3)nc2)cc1)NC(=O)[C@@H](NC(=O)OC)C(C)(C)C)C(C)(C)C. The minimum atomic E-state index is -3.03. The van der Waals surface area contributed by atoms with E-state index in [9.17, 15) is 33.1 Å². The molecule has 0 aliphatic carbocycles. The third kappa shape index (κ3) is 15.7. The number of fused-ring (bicyclic) bond motifs is 2. The average molecular weight is 1050 g/mol. The molecule has 2 unspecified atom stereocenters. The van der Waals surface area contributed by atoms with Crippen LogP contribution in [0.5, 0.6) is 0 Å². The maximum atomic E-state index is 16.0. The van der Waals surface area contributed by atoms with Crippen molar-refractivity contribution >= 4 is 41.6 Å². The number of aliphatic imine (C=N–C) groups is 1. The Labute approximate surface area is 435 Å². The number of hydrogen-bond acceptors (Lipinski definition) is 14. The molecule has 3 aliphatic heterocycles. The summed E-state index contributed by atoms with van der Waals surface area (Å²) in [5.41, 5.74) is 7.80. The van der Waals surface area contributed by atoms with Crippen molar-refractivity contribution in [2.45, 2.75) is 117 Å². The van der Waals surface area contributed by atoms with E-state index in [1.165, 1.54) is 20.0 Å². The zero-order valence-electron chi connectivity index (χ0n) is 43.7. The molecule has 3 saturated heterocycles. The van der Waals surface area contributed by atoms with Crippen LogP contribution in [0.25, 0.3) is 5.70 Å². The van der Waals surface area contributed by atoms with Gasteiger partial charge in [0.25, 0.3) is 0 Å². The number of piperazine rings is 1. The summed E-state index contributed by atoms with van der Waals surface area (Å²) in [6.07, 6.45) is 2.88. The molecule has 17 nitrogen and oxygen atoms in total. The number of nitrogens with one attached hydrogen (secondary N) is 3. The number of carbonyl (C=O) groups is 4. The predicted molar refractivity (Wildman–Crippen MR) is 274 cm³/mol. The number of benzene rings is 2. The normalized spacial score (nSPS) is 18.9. The molecule has 4 heterocycles. The van der Waals surface area contributed by atoms with Crippen molar-refractivity contribution in [1.82, 2.24) is 31.0 Å². The zero-order valence-corrected chi connectivity index (χ0v) is 43.7. The van der Waals surface area contributed by atoms with Crippen LogP contribution >= 0.6 is 0 Å². The summed E-state index contributed by atoms with van der Waals surface area (Å²) in [4.78, 5) is 65.9. The molecule has 3 aliphatic rings. The fourth-order valence-electron chi connectivity index (χ4n) is 9.46. The lowest BCUT2D eigenvalue weighted by Crippen LogP contribution is -2.62. The summed E-state index contributed by atoms with van der Waals surface area (Å²) >= 11 is 0. The average Bonchev–Trinajstić information content (AvgIpc) is 3.56. The van der Waals surface area contributed by atoms with Crippen LogP contribution < -0.4 is 26.7 Å². The van der Waals surface area contributed by atoms with Gasteiger partial charge in [-0.1, -0.05) is 65.5 Å². The van der Waals surface area contributed by atoms with Crippen molar-refractivity contribution in [2.75, 3.05) is 52.0 Å². The van der Waals surface area contributed by atoms with Gasteiger partial charge in [0, 0.05) is 78.6 Å². The lowest BCUT2D eigenvalue weighted by molar-refractivity contribution is -0.148. The first-order valence-electron chi connectivity index (χ1n) is 24.8. The van der Waals surface area contributed by atoms with E-state index >= 15 is 8.78 Å². The van der Waals surface area contributed by atoms with Gasteiger partial charge in [0.2, 0.25) is 11.8 Å². The van der Waals surface area contributed by atoms with Gasteiger partial charge in [0.1, 0.15) is 23.5 Å². The van der Waals surface area contributed by atoms with Crippen molar-refractivity contribution in [2.24, 2.45) is 27.5 Å². The number of aliphatic hydroxyl groups excluding tert-OH is 1. The Kier molecular flexibility index (Phi) is 19.4. The number of alkyl carbamates (subject to hydrolysis) is 1. The van der Waals surface area contributed by atoms with E-state index < -0.39 is 95.6 Å². The molecular formula is C54H69F4N9O8. The number of rotatable bonds is 19. The summed E-state index contributed by atoms with van der Waals surface area (Å²) in [7, 11) is 2.31. The van der Waals surface area contributed by atoms with Crippen molar-refractivity contribution in [3.05, 3.63) is 100 Å².